The molecule has 0 saturated heterocycles. The molecule has 0 aliphatic heterocycles. The summed E-state index contributed by atoms with van der Waals surface area (Å²) >= 11 is 0. The van der Waals surface area contributed by atoms with E-state index in [1.807, 2.05) is 0 Å². The molecule has 0 amide bonds. The van der Waals surface area contributed by atoms with Crippen LogP contribution in [-0.2, 0) is 0 Å². The molecule has 1 heteroatoms. The lowest BCUT2D eigenvalue weighted by Crippen LogP contribution is -2.31. The zero-order valence-corrected chi connectivity index (χ0v) is 8.87. The van der Waals surface area contributed by atoms with Crippen LogP contribution in [0.5, 0.6) is 0 Å². The summed E-state index contributed by atoms with van der Waals surface area (Å²) in [6, 6.07) is 9.04. The molecule has 14 heavy (non-hydrogen) atoms. The van der Waals surface area contributed by atoms with Crippen LogP contribution >= 0.6 is 0 Å². The van der Waals surface area contributed by atoms with Crippen molar-refractivity contribution in [3.05, 3.63) is 35.4 Å². The third-order valence-electron chi connectivity index (χ3n) is 3.41. The normalized spacial score (nSPS) is 27.6. The zero-order valence-electron chi connectivity index (χ0n) is 8.87. The Labute approximate surface area is 86.3 Å². The van der Waals surface area contributed by atoms with E-state index < -0.39 is 0 Å². The summed E-state index contributed by atoms with van der Waals surface area (Å²) in [5, 5.41) is 0. The van der Waals surface area contributed by atoms with Crippen LogP contribution in [0.15, 0.2) is 24.3 Å². The number of benzene rings is 1. The highest BCUT2D eigenvalue weighted by Crippen LogP contribution is 2.33. The van der Waals surface area contributed by atoms with Crippen molar-refractivity contribution in [3.8, 4) is 0 Å². The number of nitrogens with two attached hydrogens (primary N) is 1. The van der Waals surface area contributed by atoms with Crippen LogP contribution in [-0.4, -0.2) is 6.04 Å². The molecule has 1 aromatic carbocycles. The summed E-state index contributed by atoms with van der Waals surface area (Å²) < 4.78 is 0. The first-order valence-electron chi connectivity index (χ1n) is 5.60. The maximum Gasteiger partial charge on any atom is 0.0108 e. The molecular weight excluding hydrogens is 170 g/mol. The van der Waals surface area contributed by atoms with Crippen molar-refractivity contribution >= 4 is 0 Å². The van der Waals surface area contributed by atoms with Gasteiger partial charge in [-0.1, -0.05) is 37.1 Å². The second-order valence-corrected chi connectivity index (χ2v) is 4.41. The number of hydrogen-bond acceptors (Lipinski definition) is 1. The van der Waals surface area contributed by atoms with E-state index in [4.69, 9.17) is 5.73 Å². The van der Waals surface area contributed by atoms with E-state index in [9.17, 15) is 0 Å². The van der Waals surface area contributed by atoms with Gasteiger partial charge in [-0.05, 0) is 36.8 Å². The van der Waals surface area contributed by atoms with Crippen molar-refractivity contribution in [2.45, 2.75) is 44.6 Å². The van der Waals surface area contributed by atoms with Crippen LogP contribution in [0.4, 0.5) is 0 Å². The molecule has 0 heterocycles. The van der Waals surface area contributed by atoms with E-state index >= 15 is 0 Å². The summed E-state index contributed by atoms with van der Waals surface area (Å²) in [4.78, 5) is 0. The van der Waals surface area contributed by atoms with Gasteiger partial charge in [0.25, 0.3) is 0 Å². The topological polar surface area (TPSA) is 26.0 Å². The molecule has 2 N–H and O–H groups in total. The monoisotopic (exact) mass is 189 g/mol. The Morgan fingerprint density at radius 2 is 1.86 bits per heavy atom. The lowest BCUT2D eigenvalue weighted by molar-refractivity contribution is 0.384. The Morgan fingerprint density at radius 1 is 1.14 bits per heavy atom. The number of hydrogen-bond donors (Lipinski definition) is 1. The van der Waals surface area contributed by atoms with Gasteiger partial charge in [-0.25, -0.2) is 0 Å². The van der Waals surface area contributed by atoms with Gasteiger partial charge in [-0.3, -0.25) is 0 Å². The largest absolute Gasteiger partial charge is 0.327 e. The van der Waals surface area contributed by atoms with Crippen LogP contribution < -0.4 is 5.73 Å². The Hall–Kier alpha value is -0.820. The van der Waals surface area contributed by atoms with Crippen molar-refractivity contribution in [1.29, 1.82) is 0 Å². The standard InChI is InChI=1S/C13H19N/c1-10-6-2-3-7-11(10)12-8-4-5-9-13(12)14/h2-3,6-7,12-13H,4-5,8-9,14H2,1H3/t12-,13-/m1/s1. The predicted octanol–water partition coefficient (Wildman–Crippen LogP) is 2.98. The van der Waals surface area contributed by atoms with E-state index in [0.29, 0.717) is 12.0 Å². The summed E-state index contributed by atoms with van der Waals surface area (Å²) in [6.45, 7) is 2.19. The first-order valence-corrected chi connectivity index (χ1v) is 5.60. The number of rotatable bonds is 1. The van der Waals surface area contributed by atoms with Crippen molar-refractivity contribution in [1.82, 2.24) is 0 Å². The van der Waals surface area contributed by atoms with Gasteiger partial charge < -0.3 is 5.73 Å². The molecule has 1 saturated carbocycles. The van der Waals surface area contributed by atoms with Gasteiger partial charge in [0.05, 0.1) is 0 Å². The molecule has 1 aromatic rings. The molecular formula is C13H19N. The highest BCUT2D eigenvalue weighted by Gasteiger charge is 2.23. The average molecular weight is 189 g/mol. The summed E-state index contributed by atoms with van der Waals surface area (Å²) in [5.41, 5.74) is 9.05. The van der Waals surface area contributed by atoms with E-state index in [-0.39, 0.29) is 0 Å². The maximum atomic E-state index is 6.18. The maximum absolute atomic E-state index is 6.18. The summed E-state index contributed by atoms with van der Waals surface area (Å²) in [5.74, 6) is 0.602. The lowest BCUT2D eigenvalue weighted by atomic mass is 9.79. The first-order chi connectivity index (χ1) is 6.79. The average Bonchev–Trinajstić information content (AvgIpc) is 2.20. The molecule has 0 spiro atoms. The van der Waals surface area contributed by atoms with Crippen molar-refractivity contribution in [2.75, 3.05) is 0 Å². The molecule has 2 atom stereocenters. The fourth-order valence-corrected chi connectivity index (χ4v) is 2.55. The minimum absolute atomic E-state index is 0.379. The minimum atomic E-state index is 0.379. The zero-order chi connectivity index (χ0) is 9.97. The van der Waals surface area contributed by atoms with Crippen LogP contribution in [0.3, 0.4) is 0 Å². The molecule has 0 bridgehead atoms. The minimum Gasteiger partial charge on any atom is -0.327 e. The van der Waals surface area contributed by atoms with Crippen LogP contribution in [0.2, 0.25) is 0 Å². The highest BCUT2D eigenvalue weighted by atomic mass is 14.7. The lowest BCUT2D eigenvalue weighted by Gasteiger charge is -2.29. The molecule has 1 nitrogen and oxygen atoms in total. The molecule has 0 aromatic heterocycles. The molecule has 76 valence electrons. The molecule has 0 radical (unpaired) electrons. The third-order valence-corrected chi connectivity index (χ3v) is 3.41. The Balaban J connectivity index is 2.25. The van der Waals surface area contributed by atoms with E-state index in [1.54, 1.807) is 0 Å². The fourth-order valence-electron chi connectivity index (χ4n) is 2.55. The van der Waals surface area contributed by atoms with Gasteiger partial charge in [-0.15, -0.1) is 0 Å². The third kappa shape index (κ3) is 1.83. The molecule has 2 rings (SSSR count). The second kappa shape index (κ2) is 4.14. The number of aryl methyl sites for hydroxylation is 1. The van der Waals surface area contributed by atoms with E-state index in [1.165, 1.54) is 36.8 Å². The predicted molar refractivity (Wildman–Crippen MR) is 60.4 cm³/mol. The molecule has 0 unspecified atom stereocenters. The SMILES string of the molecule is Cc1ccccc1[C@H]1CCCC[C@H]1N. The quantitative estimate of drug-likeness (QED) is 0.722. The molecule has 1 aliphatic carbocycles. The second-order valence-electron chi connectivity index (χ2n) is 4.41. The van der Waals surface area contributed by atoms with Crippen molar-refractivity contribution in [2.24, 2.45) is 5.73 Å². The van der Waals surface area contributed by atoms with Crippen molar-refractivity contribution < 1.29 is 0 Å². The first kappa shape index (κ1) is 9.72. The van der Waals surface area contributed by atoms with E-state index in [2.05, 4.69) is 31.2 Å². The van der Waals surface area contributed by atoms with Gasteiger partial charge in [0, 0.05) is 6.04 Å². The molecule has 1 aliphatic rings. The van der Waals surface area contributed by atoms with Gasteiger partial charge in [0.2, 0.25) is 0 Å². The summed E-state index contributed by atoms with van der Waals surface area (Å²) in [6.07, 6.45) is 5.11. The smallest absolute Gasteiger partial charge is 0.0108 e. The van der Waals surface area contributed by atoms with E-state index in [0.717, 1.165) is 0 Å². The fraction of sp³-hybridized carbons (Fsp3) is 0.538. The van der Waals surface area contributed by atoms with Crippen LogP contribution in [0.1, 0.15) is 42.7 Å². The molecule has 1 fully saturated rings. The van der Waals surface area contributed by atoms with Crippen LogP contribution in [0, 0.1) is 6.92 Å². The van der Waals surface area contributed by atoms with Gasteiger partial charge >= 0.3 is 0 Å². The Morgan fingerprint density at radius 3 is 2.57 bits per heavy atom. The van der Waals surface area contributed by atoms with Gasteiger partial charge in [0.1, 0.15) is 0 Å². The summed E-state index contributed by atoms with van der Waals surface area (Å²) in [7, 11) is 0. The van der Waals surface area contributed by atoms with Crippen LogP contribution in [0.25, 0.3) is 0 Å². The Bertz CT molecular complexity index is 306. The van der Waals surface area contributed by atoms with Gasteiger partial charge in [-0.2, -0.15) is 0 Å². The Kier molecular flexibility index (Phi) is 2.87. The van der Waals surface area contributed by atoms with Crippen molar-refractivity contribution in [3.63, 3.8) is 0 Å². The highest BCUT2D eigenvalue weighted by molar-refractivity contribution is 5.30. The van der Waals surface area contributed by atoms with Gasteiger partial charge in [0.15, 0.2) is 0 Å².